The molecule has 0 saturated carbocycles. The molecule has 1 aromatic carbocycles. The summed E-state index contributed by atoms with van der Waals surface area (Å²) in [6.45, 7) is 1.83. The third-order valence-corrected chi connectivity index (χ3v) is 3.01. The molecule has 0 fully saturated rings. The van der Waals surface area contributed by atoms with Crippen molar-refractivity contribution in [1.29, 1.82) is 0 Å². The standard InChI is InChI=1S/C15H17NO3/c1-11-13(9-10-17)16-15(19-11)8-7-12-5-3-4-6-14(12)18-2/h3-6,10H,7-9H2,1-2H3. The zero-order chi connectivity index (χ0) is 13.7. The van der Waals surface area contributed by atoms with Crippen molar-refractivity contribution in [2.24, 2.45) is 0 Å². The van der Waals surface area contributed by atoms with Gasteiger partial charge in [0.05, 0.1) is 12.8 Å². The van der Waals surface area contributed by atoms with Gasteiger partial charge in [-0.2, -0.15) is 0 Å². The molecule has 0 saturated heterocycles. The molecule has 2 rings (SSSR count). The van der Waals surface area contributed by atoms with Gasteiger partial charge in [0.1, 0.15) is 17.8 Å². The minimum atomic E-state index is 0.310. The molecule has 1 aromatic heterocycles. The van der Waals surface area contributed by atoms with Crippen LogP contribution < -0.4 is 4.74 Å². The Bertz CT molecular complexity index is 560. The Kier molecular flexibility index (Phi) is 4.34. The van der Waals surface area contributed by atoms with Gasteiger partial charge >= 0.3 is 0 Å². The maximum Gasteiger partial charge on any atom is 0.194 e. The number of benzene rings is 1. The summed E-state index contributed by atoms with van der Waals surface area (Å²) >= 11 is 0. The molecule has 0 bridgehead atoms. The van der Waals surface area contributed by atoms with Crippen LogP contribution in [0, 0.1) is 6.92 Å². The van der Waals surface area contributed by atoms with E-state index in [1.807, 2.05) is 31.2 Å². The van der Waals surface area contributed by atoms with Crippen molar-refractivity contribution in [2.45, 2.75) is 26.2 Å². The Morgan fingerprint density at radius 2 is 2.11 bits per heavy atom. The van der Waals surface area contributed by atoms with E-state index in [4.69, 9.17) is 9.15 Å². The van der Waals surface area contributed by atoms with Crippen molar-refractivity contribution in [2.75, 3.05) is 7.11 Å². The van der Waals surface area contributed by atoms with E-state index in [1.54, 1.807) is 7.11 Å². The van der Waals surface area contributed by atoms with Gasteiger partial charge in [0.15, 0.2) is 5.89 Å². The number of carbonyl (C=O) groups excluding carboxylic acids is 1. The zero-order valence-electron chi connectivity index (χ0n) is 11.2. The fraction of sp³-hybridized carbons (Fsp3) is 0.333. The summed E-state index contributed by atoms with van der Waals surface area (Å²) in [5, 5.41) is 0. The highest BCUT2D eigenvalue weighted by molar-refractivity contribution is 5.54. The summed E-state index contributed by atoms with van der Waals surface area (Å²) in [6.07, 6.45) is 2.64. The quantitative estimate of drug-likeness (QED) is 0.748. The molecule has 19 heavy (non-hydrogen) atoms. The van der Waals surface area contributed by atoms with E-state index >= 15 is 0 Å². The highest BCUT2D eigenvalue weighted by Gasteiger charge is 2.10. The SMILES string of the molecule is COc1ccccc1CCc1nc(CC=O)c(C)o1. The summed E-state index contributed by atoms with van der Waals surface area (Å²) in [5.41, 5.74) is 1.85. The Labute approximate surface area is 112 Å². The number of para-hydroxylation sites is 1. The number of aryl methyl sites for hydroxylation is 3. The van der Waals surface area contributed by atoms with Crippen LogP contribution in [0.5, 0.6) is 5.75 Å². The Hall–Kier alpha value is -2.10. The van der Waals surface area contributed by atoms with Crippen molar-refractivity contribution >= 4 is 6.29 Å². The molecule has 0 N–H and O–H groups in total. The summed E-state index contributed by atoms with van der Waals surface area (Å²) < 4.78 is 10.9. The largest absolute Gasteiger partial charge is 0.496 e. The van der Waals surface area contributed by atoms with E-state index < -0.39 is 0 Å². The molecule has 1 heterocycles. The molecular weight excluding hydrogens is 242 g/mol. The Morgan fingerprint density at radius 1 is 1.32 bits per heavy atom. The smallest absolute Gasteiger partial charge is 0.194 e. The Balaban J connectivity index is 2.06. The van der Waals surface area contributed by atoms with Gasteiger partial charge in [0, 0.05) is 12.8 Å². The van der Waals surface area contributed by atoms with E-state index in [1.165, 1.54) is 0 Å². The molecule has 0 aliphatic rings. The van der Waals surface area contributed by atoms with Crippen LogP contribution in [-0.4, -0.2) is 18.4 Å². The van der Waals surface area contributed by atoms with Crippen LogP contribution in [0.3, 0.4) is 0 Å². The number of hydrogen-bond acceptors (Lipinski definition) is 4. The van der Waals surface area contributed by atoms with E-state index in [0.717, 1.165) is 35.5 Å². The molecule has 2 aromatic rings. The Morgan fingerprint density at radius 3 is 2.84 bits per heavy atom. The van der Waals surface area contributed by atoms with Crippen LogP contribution >= 0.6 is 0 Å². The van der Waals surface area contributed by atoms with Crippen molar-refractivity contribution in [3.63, 3.8) is 0 Å². The van der Waals surface area contributed by atoms with Crippen molar-refractivity contribution in [1.82, 2.24) is 4.98 Å². The zero-order valence-corrected chi connectivity index (χ0v) is 11.2. The molecule has 0 aliphatic heterocycles. The molecular formula is C15H17NO3. The van der Waals surface area contributed by atoms with Crippen LogP contribution in [0.25, 0.3) is 0 Å². The highest BCUT2D eigenvalue weighted by atomic mass is 16.5. The van der Waals surface area contributed by atoms with Gasteiger partial charge in [0.2, 0.25) is 0 Å². The van der Waals surface area contributed by atoms with E-state index in [9.17, 15) is 4.79 Å². The number of carbonyl (C=O) groups is 1. The summed E-state index contributed by atoms with van der Waals surface area (Å²) in [4.78, 5) is 14.8. The first kappa shape index (κ1) is 13.3. The van der Waals surface area contributed by atoms with Crippen LogP contribution in [0.4, 0.5) is 0 Å². The molecule has 0 radical (unpaired) electrons. The number of oxazole rings is 1. The highest BCUT2D eigenvalue weighted by Crippen LogP contribution is 2.20. The average molecular weight is 259 g/mol. The maximum atomic E-state index is 10.5. The number of rotatable bonds is 6. The lowest BCUT2D eigenvalue weighted by Gasteiger charge is -2.06. The normalized spacial score (nSPS) is 10.4. The van der Waals surface area contributed by atoms with E-state index in [2.05, 4.69) is 4.98 Å². The van der Waals surface area contributed by atoms with Gasteiger partial charge in [-0.1, -0.05) is 18.2 Å². The van der Waals surface area contributed by atoms with Crippen molar-refractivity contribution < 1.29 is 13.9 Å². The monoisotopic (exact) mass is 259 g/mol. The fourth-order valence-corrected chi connectivity index (χ4v) is 2.01. The van der Waals surface area contributed by atoms with E-state index in [-0.39, 0.29) is 0 Å². The molecule has 4 heteroatoms. The molecule has 0 atom stereocenters. The van der Waals surface area contributed by atoms with Gasteiger partial charge < -0.3 is 13.9 Å². The van der Waals surface area contributed by atoms with Gasteiger partial charge in [-0.25, -0.2) is 4.98 Å². The lowest BCUT2D eigenvalue weighted by Crippen LogP contribution is -1.96. The van der Waals surface area contributed by atoms with Gasteiger partial charge in [0.25, 0.3) is 0 Å². The first-order valence-corrected chi connectivity index (χ1v) is 6.25. The van der Waals surface area contributed by atoms with Crippen molar-refractivity contribution in [3.05, 3.63) is 47.2 Å². The van der Waals surface area contributed by atoms with Crippen molar-refractivity contribution in [3.8, 4) is 5.75 Å². The molecule has 0 spiro atoms. The summed E-state index contributed by atoms with van der Waals surface area (Å²) in [6, 6.07) is 7.89. The van der Waals surface area contributed by atoms with E-state index in [0.29, 0.717) is 18.7 Å². The molecule has 0 amide bonds. The summed E-state index contributed by atoms with van der Waals surface area (Å²) in [7, 11) is 1.66. The second-order valence-corrected chi connectivity index (χ2v) is 4.29. The molecule has 0 aliphatic carbocycles. The minimum absolute atomic E-state index is 0.310. The first-order chi connectivity index (χ1) is 9.24. The van der Waals surface area contributed by atoms with Gasteiger partial charge in [-0.3, -0.25) is 0 Å². The average Bonchev–Trinajstić information content (AvgIpc) is 2.78. The van der Waals surface area contributed by atoms with Crippen LogP contribution in [-0.2, 0) is 24.1 Å². The fourth-order valence-electron chi connectivity index (χ4n) is 2.01. The van der Waals surface area contributed by atoms with Crippen LogP contribution in [0.2, 0.25) is 0 Å². The number of nitrogens with zero attached hydrogens (tertiary/aromatic N) is 1. The second kappa shape index (κ2) is 6.18. The summed E-state index contributed by atoms with van der Waals surface area (Å²) in [5.74, 6) is 2.27. The number of hydrogen-bond donors (Lipinski definition) is 0. The number of ether oxygens (including phenoxy) is 1. The van der Waals surface area contributed by atoms with Gasteiger partial charge in [-0.05, 0) is 25.0 Å². The molecule has 100 valence electrons. The third-order valence-electron chi connectivity index (χ3n) is 3.01. The van der Waals surface area contributed by atoms with Crippen LogP contribution in [0.1, 0.15) is 22.9 Å². The minimum Gasteiger partial charge on any atom is -0.496 e. The predicted molar refractivity (Wildman–Crippen MR) is 71.4 cm³/mol. The van der Waals surface area contributed by atoms with Gasteiger partial charge in [-0.15, -0.1) is 0 Å². The second-order valence-electron chi connectivity index (χ2n) is 4.29. The lowest BCUT2D eigenvalue weighted by atomic mass is 10.1. The lowest BCUT2D eigenvalue weighted by molar-refractivity contribution is -0.107. The molecule has 0 unspecified atom stereocenters. The topological polar surface area (TPSA) is 52.3 Å². The first-order valence-electron chi connectivity index (χ1n) is 6.25. The maximum absolute atomic E-state index is 10.5. The number of aldehydes is 1. The number of methoxy groups -OCH3 is 1. The molecule has 4 nitrogen and oxygen atoms in total. The van der Waals surface area contributed by atoms with Crippen LogP contribution in [0.15, 0.2) is 28.7 Å². The number of aromatic nitrogens is 1. The predicted octanol–water partition coefficient (Wildman–Crippen LogP) is 2.52. The third kappa shape index (κ3) is 3.22.